The first-order valence-corrected chi connectivity index (χ1v) is 15.6. The third kappa shape index (κ3) is 6.91. The number of anilines is 2. The van der Waals surface area contributed by atoms with Gasteiger partial charge in [0.15, 0.2) is 5.75 Å². The monoisotopic (exact) mass is 557 g/mol. The van der Waals surface area contributed by atoms with E-state index < -0.39 is 32.5 Å². The highest BCUT2D eigenvalue weighted by atomic mass is 32.2. The van der Waals surface area contributed by atoms with Gasteiger partial charge in [-0.25, -0.2) is 16.8 Å². The Morgan fingerprint density at radius 2 is 1.45 bits per heavy atom. The fourth-order valence-electron chi connectivity index (χ4n) is 4.22. The number of hydrogen-bond acceptors (Lipinski definition) is 6. The lowest BCUT2D eigenvalue weighted by Crippen LogP contribution is -2.37. The second-order valence-corrected chi connectivity index (χ2v) is 12.9. The van der Waals surface area contributed by atoms with Crippen LogP contribution in [0.2, 0.25) is 0 Å². The van der Waals surface area contributed by atoms with Crippen molar-refractivity contribution in [1.82, 2.24) is 4.31 Å². The Hall–Kier alpha value is -3.41. The predicted octanol–water partition coefficient (Wildman–Crippen LogP) is 4.45. The lowest BCUT2D eigenvalue weighted by molar-refractivity contribution is -0.114. The van der Waals surface area contributed by atoms with Gasteiger partial charge in [0.05, 0.1) is 16.8 Å². The number of carbonyl (C=O) groups is 1. The Kier molecular flexibility index (Phi) is 8.70. The van der Waals surface area contributed by atoms with Crippen molar-refractivity contribution in [2.75, 3.05) is 35.5 Å². The van der Waals surface area contributed by atoms with E-state index in [-0.39, 0.29) is 16.3 Å². The average molecular weight is 558 g/mol. The van der Waals surface area contributed by atoms with Crippen LogP contribution in [0.5, 0.6) is 11.5 Å². The molecule has 202 valence electrons. The van der Waals surface area contributed by atoms with Crippen LogP contribution in [0.15, 0.2) is 83.8 Å². The van der Waals surface area contributed by atoms with Gasteiger partial charge in [0.25, 0.3) is 0 Å². The van der Waals surface area contributed by atoms with Gasteiger partial charge in [0, 0.05) is 18.8 Å². The Morgan fingerprint density at radius 3 is 2.08 bits per heavy atom. The van der Waals surface area contributed by atoms with E-state index >= 15 is 0 Å². The Bertz CT molecular complexity index is 1450. The molecule has 1 aliphatic heterocycles. The maximum atomic E-state index is 13.0. The highest BCUT2D eigenvalue weighted by Gasteiger charge is 2.26. The van der Waals surface area contributed by atoms with Gasteiger partial charge in [0.2, 0.25) is 26.0 Å². The molecule has 4 rings (SSSR count). The van der Waals surface area contributed by atoms with Gasteiger partial charge in [-0.15, -0.1) is 0 Å². The molecular weight excluding hydrogens is 526 g/mol. The summed E-state index contributed by atoms with van der Waals surface area (Å²) in [6.07, 6.45) is 4.73. The highest BCUT2D eigenvalue weighted by Crippen LogP contribution is 2.33. The number of carbonyl (C=O) groups excluding carboxylic acids is 1. The second kappa shape index (κ2) is 12.0. The number of rotatable bonds is 9. The molecule has 0 atom stereocenters. The standard InChI is InChI=1S/C27H31N3O6S2/c1-37(32,33)30(25-13-7-8-14-26(25)36-23-11-5-4-6-12-23)21-27(31)28-22-15-17-24(18-16-22)38(34,35)29-19-9-2-3-10-20-29/h4-8,11-18H,2-3,9-10,19-21H2,1H3,(H,28,31). The fourth-order valence-corrected chi connectivity index (χ4v) is 6.60. The molecule has 1 fully saturated rings. The zero-order valence-electron chi connectivity index (χ0n) is 21.1. The minimum atomic E-state index is -3.85. The molecule has 9 nitrogen and oxygen atoms in total. The first kappa shape index (κ1) is 27.6. The molecule has 1 N–H and O–H groups in total. The van der Waals surface area contributed by atoms with Crippen LogP contribution < -0.4 is 14.4 Å². The van der Waals surface area contributed by atoms with Crippen molar-refractivity contribution in [2.45, 2.75) is 30.6 Å². The van der Waals surface area contributed by atoms with Crippen molar-refractivity contribution in [3.63, 3.8) is 0 Å². The van der Waals surface area contributed by atoms with Gasteiger partial charge in [-0.05, 0) is 61.4 Å². The Labute approximate surface area is 224 Å². The van der Waals surface area contributed by atoms with Gasteiger partial charge in [-0.3, -0.25) is 9.10 Å². The lowest BCUT2D eigenvalue weighted by atomic mass is 10.2. The smallest absolute Gasteiger partial charge is 0.245 e. The molecule has 0 spiro atoms. The molecule has 1 amide bonds. The highest BCUT2D eigenvalue weighted by molar-refractivity contribution is 7.92. The number of para-hydroxylation sites is 3. The van der Waals surface area contributed by atoms with Crippen molar-refractivity contribution >= 4 is 37.3 Å². The van der Waals surface area contributed by atoms with Crippen molar-refractivity contribution in [3.05, 3.63) is 78.9 Å². The van der Waals surface area contributed by atoms with Crippen molar-refractivity contribution in [1.29, 1.82) is 0 Å². The van der Waals surface area contributed by atoms with Crippen LogP contribution in [0.3, 0.4) is 0 Å². The molecule has 1 saturated heterocycles. The zero-order valence-corrected chi connectivity index (χ0v) is 22.7. The van der Waals surface area contributed by atoms with E-state index in [2.05, 4.69) is 5.32 Å². The number of benzene rings is 3. The van der Waals surface area contributed by atoms with Crippen LogP contribution in [-0.4, -0.2) is 52.9 Å². The summed E-state index contributed by atoms with van der Waals surface area (Å²) in [7, 11) is -7.47. The summed E-state index contributed by atoms with van der Waals surface area (Å²) in [4.78, 5) is 13.1. The number of nitrogens with zero attached hydrogens (tertiary/aromatic N) is 2. The molecule has 38 heavy (non-hydrogen) atoms. The van der Waals surface area contributed by atoms with E-state index in [1.807, 2.05) is 6.07 Å². The Morgan fingerprint density at radius 1 is 0.842 bits per heavy atom. The van der Waals surface area contributed by atoms with E-state index in [0.717, 1.165) is 36.2 Å². The summed E-state index contributed by atoms with van der Waals surface area (Å²) in [5.74, 6) is 0.209. The number of sulfonamides is 2. The molecule has 0 unspecified atom stereocenters. The van der Waals surface area contributed by atoms with Gasteiger partial charge < -0.3 is 10.1 Å². The maximum absolute atomic E-state index is 13.0. The van der Waals surface area contributed by atoms with E-state index in [1.54, 1.807) is 48.5 Å². The summed E-state index contributed by atoms with van der Waals surface area (Å²) in [5, 5.41) is 2.66. The maximum Gasteiger partial charge on any atom is 0.245 e. The lowest BCUT2D eigenvalue weighted by Gasteiger charge is -2.24. The molecule has 0 aliphatic carbocycles. The normalized spacial score (nSPS) is 14.9. The van der Waals surface area contributed by atoms with Crippen molar-refractivity contribution < 1.29 is 26.4 Å². The summed E-state index contributed by atoms with van der Waals surface area (Å²) in [5.41, 5.74) is 0.569. The first-order chi connectivity index (χ1) is 18.1. The largest absolute Gasteiger partial charge is 0.455 e. The van der Waals surface area contributed by atoms with Crippen LogP contribution >= 0.6 is 0 Å². The van der Waals surface area contributed by atoms with Crippen LogP contribution in [-0.2, 0) is 24.8 Å². The van der Waals surface area contributed by atoms with E-state index in [0.29, 0.717) is 24.5 Å². The zero-order chi connectivity index (χ0) is 27.2. The minimum absolute atomic E-state index is 0.155. The molecule has 11 heteroatoms. The number of nitrogens with one attached hydrogen (secondary N) is 1. The van der Waals surface area contributed by atoms with Gasteiger partial charge >= 0.3 is 0 Å². The van der Waals surface area contributed by atoms with E-state index in [4.69, 9.17) is 4.74 Å². The van der Waals surface area contributed by atoms with Crippen molar-refractivity contribution in [2.24, 2.45) is 0 Å². The summed E-state index contributed by atoms with van der Waals surface area (Å²) in [6, 6.07) is 21.4. The second-order valence-electron chi connectivity index (χ2n) is 9.04. The molecule has 0 bridgehead atoms. The summed E-state index contributed by atoms with van der Waals surface area (Å²) >= 11 is 0. The summed E-state index contributed by atoms with van der Waals surface area (Å²) < 4.78 is 59.7. The van der Waals surface area contributed by atoms with Gasteiger partial charge in [0.1, 0.15) is 12.3 Å². The molecule has 0 radical (unpaired) electrons. The predicted molar refractivity (Wildman–Crippen MR) is 147 cm³/mol. The van der Waals surface area contributed by atoms with Crippen LogP contribution in [0.1, 0.15) is 25.7 Å². The number of amides is 1. The summed E-state index contributed by atoms with van der Waals surface area (Å²) in [6.45, 7) is 0.497. The molecular formula is C27H31N3O6S2. The van der Waals surface area contributed by atoms with E-state index in [9.17, 15) is 21.6 Å². The van der Waals surface area contributed by atoms with E-state index in [1.165, 1.54) is 28.6 Å². The van der Waals surface area contributed by atoms with Gasteiger partial charge in [-0.1, -0.05) is 43.2 Å². The molecule has 0 saturated carbocycles. The Balaban J connectivity index is 1.49. The number of hydrogen-bond donors (Lipinski definition) is 1. The third-order valence-corrected chi connectivity index (χ3v) is 9.17. The fraction of sp³-hybridized carbons (Fsp3) is 0.296. The molecule has 3 aromatic rings. The molecule has 3 aromatic carbocycles. The van der Waals surface area contributed by atoms with Crippen molar-refractivity contribution in [3.8, 4) is 11.5 Å². The van der Waals surface area contributed by atoms with Crippen LogP contribution in [0.25, 0.3) is 0 Å². The average Bonchev–Trinajstić information content (AvgIpc) is 3.19. The van der Waals surface area contributed by atoms with Crippen LogP contribution in [0, 0.1) is 0 Å². The molecule has 1 aliphatic rings. The number of ether oxygens (including phenoxy) is 1. The van der Waals surface area contributed by atoms with Crippen LogP contribution in [0.4, 0.5) is 11.4 Å². The molecule has 1 heterocycles. The van der Waals surface area contributed by atoms with Gasteiger partial charge in [-0.2, -0.15) is 4.31 Å². The first-order valence-electron chi connectivity index (χ1n) is 12.3. The molecule has 0 aromatic heterocycles. The quantitative estimate of drug-likeness (QED) is 0.416. The topological polar surface area (TPSA) is 113 Å². The minimum Gasteiger partial charge on any atom is -0.455 e. The third-order valence-electron chi connectivity index (χ3n) is 6.13. The SMILES string of the molecule is CS(=O)(=O)N(CC(=O)Nc1ccc(S(=O)(=O)N2CCCCCC2)cc1)c1ccccc1Oc1ccccc1.